The molecule has 0 aliphatic carbocycles. The van der Waals surface area contributed by atoms with Gasteiger partial charge in [-0.3, -0.25) is 14.2 Å². The van der Waals surface area contributed by atoms with E-state index in [0.29, 0.717) is 30.4 Å². The number of nitrogens with one attached hydrogen (secondary N) is 1. The highest BCUT2D eigenvalue weighted by Gasteiger charge is 2.47. The van der Waals surface area contributed by atoms with Gasteiger partial charge in [0.25, 0.3) is 0 Å². The first-order chi connectivity index (χ1) is 14.0. The minimum absolute atomic E-state index is 0.193. The Balaban J connectivity index is 1.93. The number of nitrogens with zero attached hydrogens (tertiary/aromatic N) is 4. The van der Waals surface area contributed by atoms with Gasteiger partial charge in [0, 0.05) is 12.8 Å². The molecule has 3 N–H and O–H groups in total. The second kappa shape index (κ2) is 9.25. The Morgan fingerprint density at radius 1 is 1.24 bits per heavy atom. The minimum Gasteiger partial charge on any atom is -0.455 e. The largest absolute Gasteiger partial charge is 0.455 e. The van der Waals surface area contributed by atoms with Crippen molar-refractivity contribution in [3.05, 3.63) is 12.7 Å². The summed E-state index contributed by atoms with van der Waals surface area (Å²) in [7, 11) is 0. The molecule has 3 heterocycles. The van der Waals surface area contributed by atoms with Gasteiger partial charge in [-0.15, -0.1) is 0 Å². The lowest BCUT2D eigenvalue weighted by Crippen LogP contribution is -2.37. The summed E-state index contributed by atoms with van der Waals surface area (Å²) in [5.41, 5.74) is 0.667. The molecular formula is C18H25N5O6. The molecule has 1 fully saturated rings. The number of carbonyl (C=O) groups is 2. The van der Waals surface area contributed by atoms with Crippen molar-refractivity contribution in [1.29, 1.82) is 0 Å². The van der Waals surface area contributed by atoms with Crippen molar-refractivity contribution >= 4 is 28.9 Å². The molecule has 1 amide bonds. The predicted octanol–water partition coefficient (Wildman–Crippen LogP) is 0.527. The summed E-state index contributed by atoms with van der Waals surface area (Å²) in [6.07, 6.45) is 0.378. The summed E-state index contributed by atoms with van der Waals surface area (Å²) in [5.74, 6) is -0.416. The molecule has 0 bridgehead atoms. The van der Waals surface area contributed by atoms with E-state index in [1.165, 1.54) is 17.2 Å². The van der Waals surface area contributed by atoms with Crippen LogP contribution < -0.4 is 5.32 Å². The monoisotopic (exact) mass is 407 g/mol. The van der Waals surface area contributed by atoms with Gasteiger partial charge in [0.1, 0.15) is 18.5 Å². The molecule has 4 atom stereocenters. The van der Waals surface area contributed by atoms with E-state index in [0.717, 1.165) is 0 Å². The molecule has 2 unspecified atom stereocenters. The molecule has 3 rings (SSSR count). The Morgan fingerprint density at radius 3 is 2.69 bits per heavy atom. The first-order valence-electron chi connectivity index (χ1n) is 9.61. The topological polar surface area (TPSA) is 149 Å². The molecule has 2 aromatic heterocycles. The number of ether oxygens (including phenoxy) is 2. The highest BCUT2D eigenvalue weighted by molar-refractivity contribution is 5.96. The van der Waals surface area contributed by atoms with Crippen LogP contribution in [0.4, 0.5) is 5.82 Å². The molecular weight excluding hydrogens is 382 g/mol. The number of rotatable bonds is 8. The Morgan fingerprint density at radius 2 is 2.00 bits per heavy atom. The fourth-order valence-corrected chi connectivity index (χ4v) is 3.19. The van der Waals surface area contributed by atoms with Crippen LogP contribution >= 0.6 is 0 Å². The van der Waals surface area contributed by atoms with E-state index in [-0.39, 0.29) is 18.1 Å². The quantitative estimate of drug-likeness (QED) is 0.533. The molecule has 0 spiro atoms. The SMILES string of the molecule is CCCC(=O)Nc1ncnc2c1ncn2[C@@H]1O[C@H](CO)C(O)C1OC(=O)CCC. The summed E-state index contributed by atoms with van der Waals surface area (Å²) in [5, 5.41) is 22.6. The standard InChI is InChI=1S/C18H25N5O6/c1-3-5-11(25)22-16-13-17(20-8-19-16)23(9-21-13)18-15(29-12(26)6-4-2)14(27)10(7-24)28-18/h8-10,14-15,18,24,27H,3-7H2,1-2H3,(H,19,20,22,25)/t10-,14?,15?,18-/m1/s1. The molecule has 0 saturated carbocycles. The lowest BCUT2D eigenvalue weighted by molar-refractivity contribution is -0.158. The Bertz CT molecular complexity index is 872. The molecule has 11 nitrogen and oxygen atoms in total. The molecule has 158 valence electrons. The van der Waals surface area contributed by atoms with E-state index < -0.39 is 37.1 Å². The molecule has 0 radical (unpaired) electrons. The number of fused-ring (bicyclic) bond motifs is 1. The molecule has 1 saturated heterocycles. The fraction of sp³-hybridized carbons (Fsp3) is 0.611. The molecule has 1 aliphatic rings. The second-order valence-electron chi connectivity index (χ2n) is 6.79. The Kier molecular flexibility index (Phi) is 6.72. The van der Waals surface area contributed by atoms with Crippen molar-refractivity contribution in [3.8, 4) is 0 Å². The Labute approximate surface area is 167 Å². The van der Waals surface area contributed by atoms with Crippen molar-refractivity contribution in [2.24, 2.45) is 0 Å². The summed E-state index contributed by atoms with van der Waals surface area (Å²) in [6.45, 7) is 3.29. The molecule has 2 aromatic rings. The molecule has 0 aromatic carbocycles. The number of aliphatic hydroxyl groups excluding tert-OH is 2. The fourth-order valence-electron chi connectivity index (χ4n) is 3.19. The van der Waals surface area contributed by atoms with Crippen LogP contribution in [0.2, 0.25) is 0 Å². The number of anilines is 1. The summed E-state index contributed by atoms with van der Waals surface area (Å²) >= 11 is 0. The van der Waals surface area contributed by atoms with Gasteiger partial charge >= 0.3 is 5.97 Å². The van der Waals surface area contributed by atoms with Gasteiger partial charge in [-0.2, -0.15) is 0 Å². The zero-order valence-corrected chi connectivity index (χ0v) is 16.3. The smallest absolute Gasteiger partial charge is 0.306 e. The van der Waals surface area contributed by atoms with Gasteiger partial charge in [-0.05, 0) is 12.8 Å². The molecule has 11 heteroatoms. The number of aliphatic hydroxyl groups is 2. The van der Waals surface area contributed by atoms with E-state index in [9.17, 15) is 19.8 Å². The van der Waals surface area contributed by atoms with Gasteiger partial charge in [-0.25, -0.2) is 15.0 Å². The maximum atomic E-state index is 12.0. The maximum absolute atomic E-state index is 12.0. The highest BCUT2D eigenvalue weighted by Crippen LogP contribution is 2.34. The lowest BCUT2D eigenvalue weighted by Gasteiger charge is -2.21. The second-order valence-corrected chi connectivity index (χ2v) is 6.79. The molecule has 1 aliphatic heterocycles. The number of amides is 1. The number of imidazole rings is 1. The first-order valence-corrected chi connectivity index (χ1v) is 9.61. The zero-order chi connectivity index (χ0) is 21.0. The average Bonchev–Trinajstić information content (AvgIpc) is 3.24. The van der Waals surface area contributed by atoms with E-state index in [1.54, 1.807) is 0 Å². The number of aromatic nitrogens is 4. The first kappa shape index (κ1) is 21.1. The third-order valence-electron chi connectivity index (χ3n) is 4.58. The van der Waals surface area contributed by atoms with Crippen LogP contribution in [0.1, 0.15) is 45.8 Å². The van der Waals surface area contributed by atoms with E-state index in [4.69, 9.17) is 9.47 Å². The van der Waals surface area contributed by atoms with Gasteiger partial charge in [0.05, 0.1) is 12.9 Å². The summed E-state index contributed by atoms with van der Waals surface area (Å²) < 4.78 is 12.6. The van der Waals surface area contributed by atoms with Crippen LogP contribution in [0.15, 0.2) is 12.7 Å². The van der Waals surface area contributed by atoms with Crippen LogP contribution in [-0.2, 0) is 19.1 Å². The molecule has 29 heavy (non-hydrogen) atoms. The lowest BCUT2D eigenvalue weighted by atomic mass is 10.1. The van der Waals surface area contributed by atoms with Crippen LogP contribution in [0.5, 0.6) is 0 Å². The van der Waals surface area contributed by atoms with Gasteiger partial charge in [0.2, 0.25) is 5.91 Å². The summed E-state index contributed by atoms with van der Waals surface area (Å²) in [4.78, 5) is 36.5. The van der Waals surface area contributed by atoms with Crippen molar-refractivity contribution in [2.75, 3.05) is 11.9 Å². The number of esters is 1. The third kappa shape index (κ3) is 4.36. The summed E-state index contributed by atoms with van der Waals surface area (Å²) in [6, 6.07) is 0. The maximum Gasteiger partial charge on any atom is 0.306 e. The number of hydrogen-bond donors (Lipinski definition) is 3. The van der Waals surface area contributed by atoms with Gasteiger partial charge in [0.15, 0.2) is 29.3 Å². The van der Waals surface area contributed by atoms with Crippen molar-refractivity contribution in [3.63, 3.8) is 0 Å². The van der Waals surface area contributed by atoms with Crippen LogP contribution in [-0.4, -0.2) is 66.5 Å². The predicted molar refractivity (Wildman–Crippen MR) is 101 cm³/mol. The van der Waals surface area contributed by atoms with Gasteiger partial charge < -0.3 is 25.0 Å². The van der Waals surface area contributed by atoms with Crippen molar-refractivity contribution in [1.82, 2.24) is 19.5 Å². The number of carbonyl (C=O) groups excluding carboxylic acids is 2. The number of hydrogen-bond acceptors (Lipinski definition) is 9. The van der Waals surface area contributed by atoms with E-state index in [1.807, 2.05) is 13.8 Å². The van der Waals surface area contributed by atoms with E-state index in [2.05, 4.69) is 20.3 Å². The van der Waals surface area contributed by atoms with Crippen LogP contribution in [0, 0.1) is 0 Å². The van der Waals surface area contributed by atoms with Crippen molar-refractivity contribution < 1.29 is 29.3 Å². The van der Waals surface area contributed by atoms with Gasteiger partial charge in [-0.1, -0.05) is 13.8 Å². The Hall–Kier alpha value is -2.63. The average molecular weight is 407 g/mol. The van der Waals surface area contributed by atoms with Crippen molar-refractivity contribution in [2.45, 2.75) is 64.1 Å². The highest BCUT2D eigenvalue weighted by atomic mass is 16.6. The minimum atomic E-state index is -1.21. The van der Waals surface area contributed by atoms with Crippen LogP contribution in [0.3, 0.4) is 0 Å². The van der Waals surface area contributed by atoms with E-state index >= 15 is 0 Å². The third-order valence-corrected chi connectivity index (χ3v) is 4.58. The van der Waals surface area contributed by atoms with Crippen LogP contribution in [0.25, 0.3) is 11.2 Å². The normalized spacial score (nSPS) is 24.0. The zero-order valence-electron chi connectivity index (χ0n) is 16.3.